The van der Waals surface area contributed by atoms with Crippen molar-refractivity contribution < 1.29 is 7.85 Å². The molecule has 1 aromatic carbocycles. The first kappa shape index (κ1) is 3.52. The number of aromatic hydroxyl groups is 1. The molecule has 0 aromatic heterocycles. The fraction of sp³-hybridized carbons (Fsp3) is 0. The third-order valence-corrected chi connectivity index (χ3v) is 0.841. The van der Waals surface area contributed by atoms with E-state index < -0.39 is 0 Å². The molecule has 1 rings (SSSR count). The van der Waals surface area contributed by atoms with Crippen LogP contribution in [0.15, 0.2) is 24.2 Å². The van der Waals surface area contributed by atoms with E-state index in [-0.39, 0.29) is 23.4 Å². The summed E-state index contributed by atoms with van der Waals surface area (Å²) < 4.78 is 14.3. The maximum atomic E-state index is 8.86. The lowest BCUT2D eigenvalue weighted by molar-refractivity contribution is 0.475. The molecule has 0 aliphatic rings. The summed E-state index contributed by atoms with van der Waals surface area (Å²) in [7, 11) is 0. The van der Waals surface area contributed by atoms with E-state index in [4.69, 9.17) is 13.1 Å². The molecule has 0 radical (unpaired) electrons. The second kappa shape index (κ2) is 2.19. The second-order valence-electron chi connectivity index (χ2n) is 1.49. The molecule has 1 N–H and O–H groups in total. The Morgan fingerprint density at radius 3 is 2.56 bits per heavy atom. The Balaban J connectivity index is 3.40. The van der Waals surface area contributed by atoms with Crippen molar-refractivity contribution >= 4 is 0 Å². The van der Waals surface area contributed by atoms with Crippen LogP contribution in [0.3, 0.4) is 0 Å². The molecule has 0 aliphatic carbocycles. The highest BCUT2D eigenvalue weighted by Gasteiger charge is 1.86. The quantitative estimate of drug-likeness (QED) is 0.564. The predicted molar refractivity (Wildman–Crippen MR) is 32.8 cm³/mol. The van der Waals surface area contributed by atoms with Crippen LogP contribution in [0.4, 0.5) is 0 Å². The van der Waals surface area contributed by atoms with E-state index in [1.807, 2.05) is 0 Å². The van der Waals surface area contributed by atoms with Crippen molar-refractivity contribution in [2.24, 2.45) is 0 Å². The topological polar surface area (TPSA) is 44.0 Å². The van der Waals surface area contributed by atoms with Crippen LogP contribution in [0.5, 0.6) is 5.75 Å². The van der Waals surface area contributed by atoms with Gasteiger partial charge in [-0.25, -0.2) is 0 Å². The van der Waals surface area contributed by atoms with Gasteiger partial charge in [0.2, 0.25) is 0 Å². The zero-order chi connectivity index (χ0) is 8.43. The van der Waals surface area contributed by atoms with Gasteiger partial charge in [-0.15, -0.1) is 0 Å². The highest BCUT2D eigenvalue weighted by atomic mass is 16.3. The van der Waals surface area contributed by atoms with Gasteiger partial charge in [0.25, 0.3) is 0 Å². The predicted octanol–water partition coefficient (Wildman–Crippen LogP) is 1.26. The summed E-state index contributed by atoms with van der Waals surface area (Å²) in [5.41, 5.74) is -0.0113. The van der Waals surface area contributed by atoms with Crippen molar-refractivity contribution in [1.29, 1.82) is 5.26 Å². The van der Waals surface area contributed by atoms with E-state index in [0.29, 0.717) is 0 Å². The first-order chi connectivity index (χ1) is 5.15. The van der Waals surface area contributed by atoms with E-state index in [9.17, 15) is 0 Å². The lowest BCUT2D eigenvalue weighted by Gasteiger charge is -1.87. The van der Waals surface area contributed by atoms with E-state index in [1.165, 1.54) is 0 Å². The summed E-state index contributed by atoms with van der Waals surface area (Å²) in [5, 5.41) is 17.3. The smallest absolute Gasteiger partial charge is 0.115 e. The van der Waals surface area contributed by atoms with Gasteiger partial charge >= 0.3 is 0 Å². The molecule has 9 heavy (non-hydrogen) atoms. The van der Waals surface area contributed by atoms with E-state index in [2.05, 4.69) is 0 Å². The van der Waals surface area contributed by atoms with Gasteiger partial charge in [-0.1, -0.05) is 0 Å². The van der Waals surface area contributed by atoms with Gasteiger partial charge in [0.05, 0.1) is 14.4 Å². The molecule has 0 aliphatic heterocycles. The fourth-order valence-electron chi connectivity index (χ4n) is 0.440. The molecule has 0 saturated carbocycles. The van der Waals surface area contributed by atoms with Crippen LogP contribution in [0.25, 0.3) is 0 Å². The standard InChI is InChI=1S/C7H5NO/c8-5-6-1-3-7(9)4-2-6/h1-4,9H/i1D,2D,3+1,4+1. The molecule has 44 valence electrons. The number of nitriles is 1. The lowest BCUT2D eigenvalue weighted by atomic mass is 10.3. The normalized spacial score (nSPS) is 11.4. The third kappa shape index (κ3) is 1.20. The number of hydrogen-bond acceptors (Lipinski definition) is 2. The molecule has 2 heteroatoms. The Morgan fingerprint density at radius 1 is 1.56 bits per heavy atom. The second-order valence-corrected chi connectivity index (χ2v) is 1.49. The van der Waals surface area contributed by atoms with Crippen molar-refractivity contribution in [1.82, 2.24) is 0 Å². The molecule has 0 unspecified atom stereocenters. The third-order valence-electron chi connectivity index (χ3n) is 0.841. The van der Waals surface area contributed by atoms with Crippen LogP contribution in [0, 0.1) is 11.3 Å². The summed E-state index contributed by atoms with van der Waals surface area (Å²) in [6.45, 7) is 0. The van der Waals surface area contributed by atoms with Crippen molar-refractivity contribution in [2.45, 2.75) is 0 Å². The first-order valence-corrected chi connectivity index (χ1v) is 2.35. The number of rotatable bonds is 0. The van der Waals surface area contributed by atoms with Crippen LogP contribution in [-0.4, -0.2) is 5.11 Å². The van der Waals surface area contributed by atoms with E-state index >= 15 is 0 Å². The molecule has 0 fully saturated rings. The molecule has 0 saturated heterocycles. The van der Waals surface area contributed by atoms with Gasteiger partial charge in [-0.2, -0.15) is 5.26 Å². The summed E-state index contributed by atoms with van der Waals surface area (Å²) in [6.07, 6.45) is 0. The minimum absolute atomic E-state index is 0.0113. The van der Waals surface area contributed by atoms with Crippen LogP contribution >= 0.6 is 0 Å². The maximum Gasteiger partial charge on any atom is 0.115 e. The minimum atomic E-state index is -0.154. The Morgan fingerprint density at radius 2 is 2.11 bits per heavy atom. The average Bonchev–Trinajstić information content (AvgIpc) is 1.85. The number of phenols is 1. The van der Waals surface area contributed by atoms with Crippen LogP contribution in [-0.2, 0) is 0 Å². The average molecular weight is 123 g/mol. The minimum Gasteiger partial charge on any atom is -0.508 e. The van der Waals surface area contributed by atoms with Gasteiger partial charge in [-0.3, -0.25) is 0 Å². The molecule has 0 bridgehead atoms. The largest absolute Gasteiger partial charge is 0.508 e. The van der Waals surface area contributed by atoms with Gasteiger partial charge in [0.1, 0.15) is 5.75 Å². The Kier molecular flexibility index (Phi) is 0.855. The number of phenolic OH excluding ortho intramolecular Hbond substituents is 1. The lowest BCUT2D eigenvalue weighted by Crippen LogP contribution is -1.69. The van der Waals surface area contributed by atoms with Crippen molar-refractivity contribution in [2.75, 3.05) is 0 Å². The van der Waals surface area contributed by atoms with E-state index in [0.717, 1.165) is 12.1 Å². The summed E-state index contributed by atoms with van der Waals surface area (Å²) >= 11 is 0. The highest BCUT2D eigenvalue weighted by Crippen LogP contribution is 2.07. The molecule has 0 amide bonds. The van der Waals surface area contributed by atoms with Gasteiger partial charge in [0, 0.05) is 0 Å². The van der Waals surface area contributed by atoms with Crippen molar-refractivity contribution in [3.05, 3.63) is 29.8 Å². The monoisotopic (exact) mass is 123 g/mol. The molecule has 0 spiro atoms. The molecule has 1 aromatic rings. The van der Waals surface area contributed by atoms with Crippen LogP contribution in [0.1, 0.15) is 8.30 Å². The summed E-state index contributed by atoms with van der Waals surface area (Å²) in [4.78, 5) is 0. The molecule has 2 nitrogen and oxygen atoms in total. The zero-order valence-electron chi connectivity index (χ0n) is 6.55. The Hall–Kier alpha value is -1.49. The fourth-order valence-corrected chi connectivity index (χ4v) is 0.440. The molecular weight excluding hydrogens is 116 g/mol. The Bertz CT molecular complexity index is 307. The van der Waals surface area contributed by atoms with Gasteiger partial charge < -0.3 is 5.11 Å². The summed E-state index contributed by atoms with van der Waals surface area (Å²) in [5.74, 6) is -0.154. The first-order valence-electron chi connectivity index (χ1n) is 3.35. The molecule has 0 heterocycles. The van der Waals surface area contributed by atoms with Crippen LogP contribution in [0.2, 0.25) is 0 Å². The highest BCUT2D eigenvalue weighted by molar-refractivity contribution is 5.33. The van der Waals surface area contributed by atoms with Gasteiger partial charge in [0.15, 0.2) is 0 Å². The van der Waals surface area contributed by atoms with Crippen LogP contribution < -0.4 is 0 Å². The zero-order valence-corrected chi connectivity index (χ0v) is 4.55. The number of hydrogen-bond donors (Lipinski definition) is 1. The SMILES string of the molecule is [2H]c1[13cH]c(O)[13cH]c([2H])c1C#N. The molecule has 0 atom stereocenters. The maximum absolute atomic E-state index is 8.86. The van der Waals surface area contributed by atoms with E-state index in [1.54, 1.807) is 6.07 Å². The number of benzene rings is 1. The van der Waals surface area contributed by atoms with Crippen molar-refractivity contribution in [3.63, 3.8) is 0 Å². The van der Waals surface area contributed by atoms with Crippen molar-refractivity contribution in [3.8, 4) is 11.8 Å². The summed E-state index contributed by atoms with van der Waals surface area (Å²) in [6, 6.07) is 3.75. The Labute approximate surface area is 55.8 Å². The molecular formula is C7H5NO. The van der Waals surface area contributed by atoms with Gasteiger partial charge in [-0.05, 0) is 24.2 Å². The number of nitrogens with zero attached hydrogens (tertiary/aromatic N) is 1.